The van der Waals surface area contributed by atoms with Gasteiger partial charge in [0.25, 0.3) is 0 Å². The van der Waals surface area contributed by atoms with Gasteiger partial charge in [-0.3, -0.25) is 0 Å². The molecule has 1 aromatic rings. The maximum absolute atomic E-state index is 5.45. The van der Waals surface area contributed by atoms with E-state index in [1.807, 2.05) is 5.51 Å². The maximum Gasteiger partial charge on any atom is 0.0981 e. The minimum absolute atomic E-state index is 0.0219. The molecule has 0 aromatic carbocycles. The van der Waals surface area contributed by atoms with Gasteiger partial charge in [0.15, 0.2) is 0 Å². The standard InChI is InChI=1S/C8H12N2OS/c1-11-8(4-9-5-8)2-7-3-12-6-10-7/h3,6,9H,2,4-5H2,1H3. The van der Waals surface area contributed by atoms with Crippen LogP contribution in [0.15, 0.2) is 10.9 Å². The molecule has 1 aliphatic heterocycles. The van der Waals surface area contributed by atoms with Crippen molar-refractivity contribution in [3.05, 3.63) is 16.6 Å². The first-order valence-electron chi connectivity index (χ1n) is 3.98. The molecule has 0 bridgehead atoms. The predicted octanol–water partition coefficient (Wildman–Crippen LogP) is 0.674. The van der Waals surface area contributed by atoms with Gasteiger partial charge < -0.3 is 10.1 Å². The minimum atomic E-state index is 0.0219. The molecule has 4 heteroatoms. The topological polar surface area (TPSA) is 34.1 Å². The van der Waals surface area contributed by atoms with Gasteiger partial charge in [-0.1, -0.05) is 0 Å². The lowest BCUT2D eigenvalue weighted by atomic mass is 9.91. The van der Waals surface area contributed by atoms with Gasteiger partial charge in [-0.25, -0.2) is 4.98 Å². The van der Waals surface area contributed by atoms with Gasteiger partial charge in [0.1, 0.15) is 0 Å². The van der Waals surface area contributed by atoms with Crippen LogP contribution in [0.4, 0.5) is 0 Å². The molecular formula is C8H12N2OS. The Kier molecular flexibility index (Phi) is 2.12. The van der Waals surface area contributed by atoms with E-state index in [9.17, 15) is 0 Å². The second-order valence-corrected chi connectivity index (χ2v) is 3.87. The highest BCUT2D eigenvalue weighted by Gasteiger charge is 2.37. The summed E-state index contributed by atoms with van der Waals surface area (Å²) in [6.45, 7) is 1.89. The van der Waals surface area contributed by atoms with Crippen molar-refractivity contribution in [2.24, 2.45) is 0 Å². The van der Waals surface area contributed by atoms with Crippen molar-refractivity contribution in [2.45, 2.75) is 12.0 Å². The molecule has 0 spiro atoms. The van der Waals surface area contributed by atoms with Crippen LogP contribution >= 0.6 is 11.3 Å². The normalized spacial score (nSPS) is 20.4. The molecule has 1 fully saturated rings. The first-order chi connectivity index (χ1) is 5.85. The number of rotatable bonds is 3. The Morgan fingerprint density at radius 1 is 1.75 bits per heavy atom. The van der Waals surface area contributed by atoms with Crippen LogP contribution in [-0.4, -0.2) is 30.8 Å². The quantitative estimate of drug-likeness (QED) is 0.750. The van der Waals surface area contributed by atoms with Crippen LogP contribution in [0.5, 0.6) is 0 Å². The van der Waals surface area contributed by atoms with Crippen LogP contribution in [0.2, 0.25) is 0 Å². The summed E-state index contributed by atoms with van der Waals surface area (Å²) in [7, 11) is 1.77. The molecule has 12 heavy (non-hydrogen) atoms. The monoisotopic (exact) mass is 184 g/mol. The third-order valence-electron chi connectivity index (χ3n) is 2.31. The lowest BCUT2D eigenvalue weighted by Gasteiger charge is -2.40. The molecule has 0 radical (unpaired) electrons. The number of methoxy groups -OCH3 is 1. The average Bonchev–Trinajstić information content (AvgIpc) is 2.49. The molecule has 0 saturated carbocycles. The largest absolute Gasteiger partial charge is 0.375 e. The summed E-state index contributed by atoms with van der Waals surface area (Å²) in [6, 6.07) is 0. The lowest BCUT2D eigenvalue weighted by Crippen LogP contribution is -2.61. The minimum Gasteiger partial charge on any atom is -0.375 e. The van der Waals surface area contributed by atoms with Crippen molar-refractivity contribution in [3.8, 4) is 0 Å². The molecule has 3 nitrogen and oxygen atoms in total. The van der Waals surface area contributed by atoms with Crippen molar-refractivity contribution in [1.29, 1.82) is 0 Å². The van der Waals surface area contributed by atoms with E-state index in [4.69, 9.17) is 4.74 Å². The summed E-state index contributed by atoms with van der Waals surface area (Å²) in [4.78, 5) is 4.24. The van der Waals surface area contributed by atoms with E-state index in [0.717, 1.165) is 25.2 Å². The molecule has 1 aliphatic rings. The summed E-state index contributed by atoms with van der Waals surface area (Å²) in [5.41, 5.74) is 3.03. The Morgan fingerprint density at radius 3 is 3.00 bits per heavy atom. The Hall–Kier alpha value is -0.450. The summed E-state index contributed by atoms with van der Waals surface area (Å²) in [6.07, 6.45) is 0.931. The van der Waals surface area contributed by atoms with Gasteiger partial charge in [-0.2, -0.15) is 0 Å². The fourth-order valence-electron chi connectivity index (χ4n) is 1.40. The number of nitrogens with zero attached hydrogens (tertiary/aromatic N) is 1. The molecule has 0 unspecified atom stereocenters. The second kappa shape index (κ2) is 3.12. The zero-order valence-corrected chi connectivity index (χ0v) is 7.86. The summed E-state index contributed by atoms with van der Waals surface area (Å²) in [5, 5.41) is 5.30. The molecular weight excluding hydrogens is 172 g/mol. The third kappa shape index (κ3) is 1.37. The van der Waals surface area contributed by atoms with Gasteiger partial charge in [0, 0.05) is 32.0 Å². The summed E-state index contributed by atoms with van der Waals surface area (Å²) < 4.78 is 5.45. The predicted molar refractivity (Wildman–Crippen MR) is 48.4 cm³/mol. The lowest BCUT2D eigenvalue weighted by molar-refractivity contribution is -0.0507. The van der Waals surface area contributed by atoms with Gasteiger partial charge >= 0.3 is 0 Å². The molecule has 2 heterocycles. The summed E-state index contributed by atoms with van der Waals surface area (Å²) in [5.74, 6) is 0. The van der Waals surface area contributed by atoms with E-state index in [0.29, 0.717) is 0 Å². The first kappa shape index (κ1) is 8.16. The van der Waals surface area contributed by atoms with Gasteiger partial charge in [-0.15, -0.1) is 11.3 Å². The third-order valence-corrected chi connectivity index (χ3v) is 2.95. The highest BCUT2D eigenvalue weighted by Crippen LogP contribution is 2.21. The molecule has 66 valence electrons. The van der Waals surface area contributed by atoms with Crippen LogP contribution in [-0.2, 0) is 11.2 Å². The van der Waals surface area contributed by atoms with Gasteiger partial charge in [-0.05, 0) is 0 Å². The number of aromatic nitrogens is 1. The van der Waals surface area contributed by atoms with E-state index in [2.05, 4.69) is 15.7 Å². The molecule has 0 aliphatic carbocycles. The van der Waals surface area contributed by atoms with E-state index in [-0.39, 0.29) is 5.60 Å². The van der Waals surface area contributed by atoms with E-state index in [1.165, 1.54) is 0 Å². The zero-order valence-electron chi connectivity index (χ0n) is 7.04. The smallest absolute Gasteiger partial charge is 0.0981 e. The molecule has 0 atom stereocenters. The fraction of sp³-hybridized carbons (Fsp3) is 0.625. The Balaban J connectivity index is 2.01. The van der Waals surface area contributed by atoms with Gasteiger partial charge in [0.05, 0.1) is 16.8 Å². The zero-order chi connectivity index (χ0) is 8.44. The second-order valence-electron chi connectivity index (χ2n) is 3.15. The molecule has 1 N–H and O–H groups in total. The Morgan fingerprint density at radius 2 is 2.58 bits per heavy atom. The van der Waals surface area contributed by atoms with E-state index >= 15 is 0 Å². The highest BCUT2D eigenvalue weighted by molar-refractivity contribution is 7.07. The molecule has 1 aromatic heterocycles. The Labute approximate surface area is 75.8 Å². The van der Waals surface area contributed by atoms with E-state index in [1.54, 1.807) is 18.4 Å². The number of nitrogens with one attached hydrogen (secondary N) is 1. The highest BCUT2D eigenvalue weighted by atomic mass is 32.1. The molecule has 1 saturated heterocycles. The fourth-order valence-corrected chi connectivity index (χ4v) is 1.96. The number of thiazole rings is 1. The number of hydrogen-bond donors (Lipinski definition) is 1. The number of hydrogen-bond acceptors (Lipinski definition) is 4. The van der Waals surface area contributed by atoms with Crippen molar-refractivity contribution in [3.63, 3.8) is 0 Å². The van der Waals surface area contributed by atoms with Gasteiger partial charge in [0.2, 0.25) is 0 Å². The van der Waals surface area contributed by atoms with Crippen LogP contribution in [0.3, 0.4) is 0 Å². The van der Waals surface area contributed by atoms with Crippen molar-refractivity contribution in [2.75, 3.05) is 20.2 Å². The van der Waals surface area contributed by atoms with Crippen LogP contribution < -0.4 is 5.32 Å². The van der Waals surface area contributed by atoms with Crippen LogP contribution in [0, 0.1) is 0 Å². The van der Waals surface area contributed by atoms with Crippen LogP contribution in [0.1, 0.15) is 5.69 Å². The number of ether oxygens (including phenoxy) is 1. The SMILES string of the molecule is COC1(Cc2cscn2)CNC1. The van der Waals surface area contributed by atoms with Crippen LogP contribution in [0.25, 0.3) is 0 Å². The van der Waals surface area contributed by atoms with Crippen molar-refractivity contribution < 1.29 is 4.74 Å². The molecule has 0 amide bonds. The van der Waals surface area contributed by atoms with E-state index < -0.39 is 0 Å². The first-order valence-corrected chi connectivity index (χ1v) is 4.92. The Bertz CT molecular complexity index is 238. The van der Waals surface area contributed by atoms with Crippen molar-refractivity contribution >= 4 is 11.3 Å². The average molecular weight is 184 g/mol. The van der Waals surface area contributed by atoms with Crippen molar-refractivity contribution in [1.82, 2.24) is 10.3 Å². The molecule has 2 rings (SSSR count). The summed E-state index contributed by atoms with van der Waals surface area (Å²) >= 11 is 1.64. The maximum atomic E-state index is 5.45.